The molecule has 2 amide bonds. The maximum absolute atomic E-state index is 12.5. The van der Waals surface area contributed by atoms with E-state index in [-0.39, 0.29) is 24.1 Å². The number of nitrogens with one attached hydrogen (secondary N) is 2. The second kappa shape index (κ2) is 13.4. The molecule has 0 fully saturated rings. The zero-order valence-corrected chi connectivity index (χ0v) is 22.1. The van der Waals surface area contributed by atoms with Crippen molar-refractivity contribution < 1.29 is 23.9 Å². The van der Waals surface area contributed by atoms with E-state index in [0.717, 1.165) is 6.42 Å². The van der Waals surface area contributed by atoms with E-state index in [9.17, 15) is 14.4 Å². The smallest absolute Gasteiger partial charge is 0.338 e. The minimum Gasteiger partial charge on any atom is -0.481 e. The molecule has 0 aliphatic heterocycles. The van der Waals surface area contributed by atoms with E-state index in [2.05, 4.69) is 27.8 Å². The number of carbonyl (C=O) groups is 3. The average molecular weight is 526 g/mol. The third-order valence-electron chi connectivity index (χ3n) is 5.37. The summed E-state index contributed by atoms with van der Waals surface area (Å²) in [6.07, 6.45) is 0.260. The van der Waals surface area contributed by atoms with Crippen LogP contribution in [0, 0.1) is 0 Å². The third kappa shape index (κ3) is 8.07. The number of nitrogens with zero attached hydrogens (tertiary/aromatic N) is 3. The van der Waals surface area contributed by atoms with Gasteiger partial charge in [-0.25, -0.2) is 4.79 Å². The quantitative estimate of drug-likeness (QED) is 0.272. The van der Waals surface area contributed by atoms with Gasteiger partial charge in [0.15, 0.2) is 17.1 Å². The number of hydrogen-bond acceptors (Lipinski definition) is 8. The second-order valence-corrected chi connectivity index (χ2v) is 9.01. The van der Waals surface area contributed by atoms with Crippen molar-refractivity contribution in [3.63, 3.8) is 0 Å². The summed E-state index contributed by atoms with van der Waals surface area (Å²) >= 11 is 1.22. The lowest BCUT2D eigenvalue weighted by Crippen LogP contribution is -2.36. The molecule has 3 aromatic rings. The summed E-state index contributed by atoms with van der Waals surface area (Å²) < 4.78 is 12.4. The van der Waals surface area contributed by atoms with Crippen molar-refractivity contribution in [2.45, 2.75) is 45.0 Å². The Bertz CT molecular complexity index is 1210. The highest BCUT2D eigenvalue weighted by molar-refractivity contribution is 7.99. The molecule has 0 aliphatic rings. The van der Waals surface area contributed by atoms with Crippen LogP contribution < -0.4 is 15.4 Å². The van der Waals surface area contributed by atoms with Crippen LogP contribution >= 0.6 is 11.8 Å². The van der Waals surface area contributed by atoms with Crippen molar-refractivity contribution in [1.29, 1.82) is 0 Å². The molecule has 1 atom stereocenters. The van der Waals surface area contributed by atoms with Gasteiger partial charge in [0.05, 0.1) is 24.5 Å². The van der Waals surface area contributed by atoms with Crippen LogP contribution in [0.2, 0.25) is 0 Å². The molecule has 37 heavy (non-hydrogen) atoms. The van der Waals surface area contributed by atoms with E-state index in [4.69, 9.17) is 9.47 Å². The fourth-order valence-corrected chi connectivity index (χ4v) is 3.96. The Morgan fingerprint density at radius 1 is 1.03 bits per heavy atom. The first-order valence-corrected chi connectivity index (χ1v) is 12.9. The summed E-state index contributed by atoms with van der Waals surface area (Å²) in [5.74, 6) is 0.374. The number of anilines is 1. The molecule has 10 nitrogen and oxygen atoms in total. The van der Waals surface area contributed by atoms with Gasteiger partial charge < -0.3 is 24.7 Å². The number of aryl methyl sites for hydroxylation is 1. The zero-order chi connectivity index (χ0) is 26.8. The molecule has 1 heterocycles. The predicted molar refractivity (Wildman–Crippen MR) is 141 cm³/mol. The summed E-state index contributed by atoms with van der Waals surface area (Å²) in [6.45, 7) is 5.97. The maximum Gasteiger partial charge on any atom is 0.338 e. The first-order chi connectivity index (χ1) is 17.8. The van der Waals surface area contributed by atoms with Crippen LogP contribution in [0.25, 0.3) is 0 Å². The number of carbonyl (C=O) groups excluding carboxylic acids is 3. The second-order valence-electron chi connectivity index (χ2n) is 8.07. The van der Waals surface area contributed by atoms with Crippen LogP contribution in [-0.2, 0) is 34.3 Å². The molecule has 196 valence electrons. The third-order valence-corrected chi connectivity index (χ3v) is 6.39. The average Bonchev–Trinajstić information content (AvgIpc) is 3.26. The van der Waals surface area contributed by atoms with E-state index in [1.807, 2.05) is 24.3 Å². The van der Waals surface area contributed by atoms with E-state index in [1.54, 1.807) is 49.7 Å². The van der Waals surface area contributed by atoms with Crippen molar-refractivity contribution >= 4 is 35.2 Å². The molecular weight excluding hydrogens is 494 g/mol. The van der Waals surface area contributed by atoms with E-state index < -0.39 is 12.1 Å². The highest BCUT2D eigenvalue weighted by atomic mass is 32.2. The molecule has 0 bridgehead atoms. The van der Waals surface area contributed by atoms with Gasteiger partial charge in [-0.2, -0.15) is 0 Å². The number of ether oxygens (including phenoxy) is 2. The van der Waals surface area contributed by atoms with E-state index in [1.165, 1.54) is 17.3 Å². The molecular formula is C26H31N5O5S. The van der Waals surface area contributed by atoms with Crippen molar-refractivity contribution in [2.24, 2.45) is 7.05 Å². The highest BCUT2D eigenvalue weighted by Crippen LogP contribution is 2.18. The summed E-state index contributed by atoms with van der Waals surface area (Å²) in [7, 11) is 1.77. The number of amides is 2. The van der Waals surface area contributed by atoms with Crippen LogP contribution in [0.1, 0.15) is 42.5 Å². The van der Waals surface area contributed by atoms with Gasteiger partial charge in [0, 0.05) is 12.7 Å². The lowest BCUT2D eigenvalue weighted by Gasteiger charge is -2.15. The Kier molecular flexibility index (Phi) is 10.1. The van der Waals surface area contributed by atoms with Gasteiger partial charge in [0.25, 0.3) is 5.91 Å². The van der Waals surface area contributed by atoms with Crippen molar-refractivity contribution in [3.8, 4) is 5.75 Å². The van der Waals surface area contributed by atoms with Crippen LogP contribution in [0.5, 0.6) is 5.75 Å². The first kappa shape index (κ1) is 27.7. The topological polar surface area (TPSA) is 124 Å². The van der Waals surface area contributed by atoms with Gasteiger partial charge in [-0.15, -0.1) is 10.2 Å². The zero-order valence-electron chi connectivity index (χ0n) is 21.3. The number of benzene rings is 2. The standard InChI is InChI=1S/C26H31N5O5S/c1-5-18-7-13-21(14-8-18)36-17(3)24(33)27-15-22-29-30-26(31(22)4)37-16-23(32)28-20-11-9-19(10-12-20)25(34)35-6-2/h7-14,17H,5-6,15-16H2,1-4H3,(H,27,33)(H,28,32)/t17-/m0/s1. The predicted octanol–water partition coefficient (Wildman–Crippen LogP) is 3.37. The van der Waals surface area contributed by atoms with Gasteiger partial charge in [-0.3, -0.25) is 9.59 Å². The Morgan fingerprint density at radius 2 is 1.73 bits per heavy atom. The normalized spacial score (nSPS) is 11.5. The Hall–Kier alpha value is -3.86. The van der Waals surface area contributed by atoms with Crippen molar-refractivity contribution in [1.82, 2.24) is 20.1 Å². The van der Waals surface area contributed by atoms with Gasteiger partial charge in [-0.05, 0) is 62.2 Å². The lowest BCUT2D eigenvalue weighted by atomic mass is 10.2. The number of esters is 1. The van der Waals surface area contributed by atoms with Crippen LogP contribution in [0.3, 0.4) is 0 Å². The number of rotatable bonds is 12. The first-order valence-electron chi connectivity index (χ1n) is 11.9. The van der Waals surface area contributed by atoms with Gasteiger partial charge in [0.1, 0.15) is 5.75 Å². The molecule has 0 aliphatic carbocycles. The molecule has 0 radical (unpaired) electrons. The van der Waals surface area contributed by atoms with Crippen molar-refractivity contribution in [2.75, 3.05) is 17.7 Å². The van der Waals surface area contributed by atoms with Crippen LogP contribution in [0.4, 0.5) is 5.69 Å². The van der Waals surface area contributed by atoms with Crippen LogP contribution in [-0.4, -0.2) is 51.0 Å². The molecule has 11 heteroatoms. The molecule has 0 unspecified atom stereocenters. The molecule has 2 N–H and O–H groups in total. The van der Waals surface area contributed by atoms with Crippen molar-refractivity contribution in [3.05, 3.63) is 65.5 Å². The van der Waals surface area contributed by atoms with Gasteiger partial charge >= 0.3 is 5.97 Å². The molecule has 0 spiro atoms. The Labute approximate surface area is 220 Å². The number of thioether (sulfide) groups is 1. The number of aromatic nitrogens is 3. The molecule has 1 aromatic heterocycles. The largest absolute Gasteiger partial charge is 0.481 e. The van der Waals surface area contributed by atoms with Gasteiger partial charge in [-0.1, -0.05) is 30.8 Å². The Morgan fingerprint density at radius 3 is 2.38 bits per heavy atom. The summed E-state index contributed by atoms with van der Waals surface area (Å²) in [6, 6.07) is 14.1. The maximum atomic E-state index is 12.5. The molecule has 0 saturated carbocycles. The summed E-state index contributed by atoms with van der Waals surface area (Å²) in [5, 5.41) is 14.3. The van der Waals surface area contributed by atoms with Crippen LogP contribution in [0.15, 0.2) is 53.7 Å². The molecule has 2 aromatic carbocycles. The fraction of sp³-hybridized carbons (Fsp3) is 0.346. The van der Waals surface area contributed by atoms with E-state index in [0.29, 0.717) is 34.6 Å². The van der Waals surface area contributed by atoms with Gasteiger partial charge in [0.2, 0.25) is 5.91 Å². The fourth-order valence-electron chi connectivity index (χ4n) is 3.23. The monoisotopic (exact) mass is 525 g/mol. The summed E-state index contributed by atoms with van der Waals surface area (Å²) in [4.78, 5) is 36.5. The highest BCUT2D eigenvalue weighted by Gasteiger charge is 2.17. The minimum absolute atomic E-state index is 0.111. The minimum atomic E-state index is -0.676. The summed E-state index contributed by atoms with van der Waals surface area (Å²) in [5.41, 5.74) is 2.18. The molecule has 3 rings (SSSR count). The molecule has 0 saturated heterocycles. The lowest BCUT2D eigenvalue weighted by molar-refractivity contribution is -0.127. The SMILES string of the molecule is CCOC(=O)c1ccc(NC(=O)CSc2nnc(CNC(=O)[C@H](C)Oc3ccc(CC)cc3)n2C)cc1. The Balaban J connectivity index is 1.45. The van der Waals surface area contributed by atoms with E-state index >= 15 is 0 Å². The number of hydrogen-bond donors (Lipinski definition) is 2.